The fraction of sp³-hybridized carbons (Fsp3) is 0.333. The smallest absolute Gasteiger partial charge is 0.247 e. The second-order valence-electron chi connectivity index (χ2n) is 4.13. The Labute approximate surface area is 110 Å². The van der Waals surface area contributed by atoms with Gasteiger partial charge < -0.3 is 0 Å². The molecule has 5 heteroatoms. The van der Waals surface area contributed by atoms with Crippen molar-refractivity contribution in [1.29, 1.82) is 0 Å². The third-order valence-corrected chi connectivity index (χ3v) is 2.82. The first-order valence-electron chi connectivity index (χ1n) is 5.20. The van der Waals surface area contributed by atoms with Crippen LogP contribution in [0.4, 0.5) is 0 Å². The Balaban J connectivity index is 3.17. The number of allylic oxidation sites excluding steroid dienone is 1. The lowest BCUT2D eigenvalue weighted by molar-refractivity contribution is -0.427. The molecule has 0 aliphatic carbocycles. The molecule has 0 saturated carbocycles. The summed E-state index contributed by atoms with van der Waals surface area (Å²) in [5.41, 5.74) is 0.623. The van der Waals surface area contributed by atoms with Gasteiger partial charge in [0.2, 0.25) is 5.70 Å². The molecule has 1 aromatic carbocycles. The third kappa shape index (κ3) is 4.02. The van der Waals surface area contributed by atoms with E-state index < -0.39 is 0 Å². The van der Waals surface area contributed by atoms with E-state index in [1.807, 2.05) is 13.8 Å². The van der Waals surface area contributed by atoms with Crippen LogP contribution in [0.1, 0.15) is 25.8 Å². The van der Waals surface area contributed by atoms with Crippen LogP contribution >= 0.6 is 23.2 Å². The minimum Gasteiger partial charge on any atom is -0.259 e. The van der Waals surface area contributed by atoms with Gasteiger partial charge in [0.25, 0.3) is 0 Å². The molecule has 0 radical (unpaired) electrons. The molecule has 0 amide bonds. The lowest BCUT2D eigenvalue weighted by Gasteiger charge is -2.04. The van der Waals surface area contributed by atoms with Crippen LogP contribution in [0.5, 0.6) is 0 Å². The highest BCUT2D eigenvalue weighted by molar-refractivity contribution is 6.37. The predicted octanol–water partition coefficient (Wildman–Crippen LogP) is 4.66. The predicted molar refractivity (Wildman–Crippen MR) is 70.9 cm³/mol. The van der Waals surface area contributed by atoms with Crippen LogP contribution in [-0.2, 0) is 0 Å². The number of benzene rings is 1. The minimum absolute atomic E-state index is 0.120. The Morgan fingerprint density at radius 3 is 2.35 bits per heavy atom. The molecule has 0 unspecified atom stereocenters. The SMILES string of the molecule is CC(C)CC(=Cc1c(Cl)cccc1Cl)[N+](=O)[O-]. The summed E-state index contributed by atoms with van der Waals surface area (Å²) in [7, 11) is 0. The van der Waals surface area contributed by atoms with E-state index in [1.165, 1.54) is 6.08 Å². The fourth-order valence-electron chi connectivity index (χ4n) is 1.42. The molecular weight excluding hydrogens is 261 g/mol. The van der Waals surface area contributed by atoms with Gasteiger partial charge in [-0.25, -0.2) is 0 Å². The van der Waals surface area contributed by atoms with Crippen molar-refractivity contribution in [3.63, 3.8) is 0 Å². The standard InChI is InChI=1S/C12H13Cl2NO2/c1-8(2)6-9(15(16)17)7-10-11(13)4-3-5-12(10)14/h3-5,7-8H,6H2,1-2H3. The van der Waals surface area contributed by atoms with Gasteiger partial charge in [-0.05, 0) is 18.1 Å². The highest BCUT2D eigenvalue weighted by Gasteiger charge is 2.15. The summed E-state index contributed by atoms with van der Waals surface area (Å²) < 4.78 is 0. The Kier molecular flexibility index (Phi) is 4.97. The summed E-state index contributed by atoms with van der Waals surface area (Å²) in [6, 6.07) is 5.02. The summed E-state index contributed by atoms with van der Waals surface area (Å²) >= 11 is 11.9. The molecule has 0 atom stereocenters. The van der Waals surface area contributed by atoms with Crippen LogP contribution in [0.15, 0.2) is 23.9 Å². The molecule has 0 bridgehead atoms. The fourth-order valence-corrected chi connectivity index (χ4v) is 1.93. The topological polar surface area (TPSA) is 43.1 Å². The van der Waals surface area contributed by atoms with E-state index in [0.717, 1.165) is 0 Å². The molecule has 0 heterocycles. The zero-order valence-corrected chi connectivity index (χ0v) is 11.1. The Morgan fingerprint density at radius 2 is 1.94 bits per heavy atom. The Morgan fingerprint density at radius 1 is 1.41 bits per heavy atom. The molecule has 0 aliphatic rings. The van der Waals surface area contributed by atoms with Gasteiger partial charge >= 0.3 is 0 Å². The van der Waals surface area contributed by atoms with Gasteiger partial charge in [-0.2, -0.15) is 0 Å². The first-order valence-corrected chi connectivity index (χ1v) is 5.96. The summed E-state index contributed by atoms with van der Waals surface area (Å²) in [5, 5.41) is 11.7. The van der Waals surface area contributed by atoms with Crippen molar-refractivity contribution >= 4 is 29.3 Å². The average Bonchev–Trinajstić information content (AvgIpc) is 2.21. The number of hydrogen-bond donors (Lipinski definition) is 0. The average molecular weight is 274 g/mol. The molecule has 0 fully saturated rings. The van der Waals surface area contributed by atoms with Crippen molar-refractivity contribution in [2.45, 2.75) is 20.3 Å². The van der Waals surface area contributed by atoms with E-state index >= 15 is 0 Å². The largest absolute Gasteiger partial charge is 0.259 e. The maximum Gasteiger partial charge on any atom is 0.247 e. The minimum atomic E-state index is -0.389. The number of halogens is 2. The van der Waals surface area contributed by atoms with E-state index in [4.69, 9.17) is 23.2 Å². The summed E-state index contributed by atoms with van der Waals surface area (Å²) in [6.45, 7) is 3.84. The molecule has 0 saturated heterocycles. The zero-order chi connectivity index (χ0) is 13.0. The summed E-state index contributed by atoms with van der Waals surface area (Å²) in [4.78, 5) is 10.5. The van der Waals surface area contributed by atoms with E-state index in [2.05, 4.69) is 0 Å². The second-order valence-corrected chi connectivity index (χ2v) is 4.94. The first kappa shape index (κ1) is 14.0. The molecule has 3 nitrogen and oxygen atoms in total. The van der Waals surface area contributed by atoms with Gasteiger partial charge in [0.15, 0.2) is 0 Å². The van der Waals surface area contributed by atoms with Crippen molar-refractivity contribution < 1.29 is 4.92 Å². The van der Waals surface area contributed by atoms with Crippen molar-refractivity contribution in [3.8, 4) is 0 Å². The number of rotatable bonds is 4. The van der Waals surface area contributed by atoms with Crippen LogP contribution in [-0.4, -0.2) is 4.92 Å². The number of nitro groups is 1. The van der Waals surface area contributed by atoms with Gasteiger partial charge in [0.05, 0.1) is 4.92 Å². The molecule has 1 aromatic rings. The van der Waals surface area contributed by atoms with Crippen LogP contribution in [0.2, 0.25) is 10.0 Å². The molecule has 0 spiro atoms. The number of hydrogen-bond acceptors (Lipinski definition) is 2. The molecule has 1 rings (SSSR count). The maximum absolute atomic E-state index is 10.9. The normalized spacial score (nSPS) is 11.9. The van der Waals surface area contributed by atoms with Gasteiger partial charge in [0.1, 0.15) is 0 Å². The van der Waals surface area contributed by atoms with Crippen molar-refractivity contribution in [2.24, 2.45) is 5.92 Å². The molecular formula is C12H13Cl2NO2. The first-order chi connectivity index (χ1) is 7.91. The van der Waals surface area contributed by atoms with Gasteiger partial charge in [-0.1, -0.05) is 43.1 Å². The van der Waals surface area contributed by atoms with Crippen LogP contribution in [0.25, 0.3) is 6.08 Å². The quantitative estimate of drug-likeness (QED) is 0.592. The molecule has 0 aromatic heterocycles. The van der Waals surface area contributed by atoms with E-state index in [9.17, 15) is 10.1 Å². The third-order valence-electron chi connectivity index (χ3n) is 2.16. The molecule has 0 N–H and O–H groups in total. The lowest BCUT2D eigenvalue weighted by atomic mass is 10.1. The monoisotopic (exact) mass is 273 g/mol. The second kappa shape index (κ2) is 6.03. The van der Waals surface area contributed by atoms with Gasteiger partial charge in [0, 0.05) is 28.1 Å². The lowest BCUT2D eigenvalue weighted by Crippen LogP contribution is -2.02. The van der Waals surface area contributed by atoms with Gasteiger partial charge in [-0.3, -0.25) is 10.1 Å². The van der Waals surface area contributed by atoms with E-state index in [-0.39, 0.29) is 16.5 Å². The van der Waals surface area contributed by atoms with Crippen molar-refractivity contribution in [3.05, 3.63) is 49.6 Å². The zero-order valence-electron chi connectivity index (χ0n) is 9.61. The molecule has 0 aliphatic heterocycles. The summed E-state index contributed by atoms with van der Waals surface area (Å²) in [6.07, 6.45) is 1.83. The van der Waals surface area contributed by atoms with Crippen LogP contribution in [0.3, 0.4) is 0 Å². The Hall–Kier alpha value is -1.06. The van der Waals surface area contributed by atoms with E-state index in [1.54, 1.807) is 18.2 Å². The van der Waals surface area contributed by atoms with Crippen molar-refractivity contribution in [1.82, 2.24) is 0 Å². The molecule has 17 heavy (non-hydrogen) atoms. The summed E-state index contributed by atoms with van der Waals surface area (Å²) in [5.74, 6) is 0.202. The number of nitrogens with zero attached hydrogens (tertiary/aromatic N) is 1. The highest BCUT2D eigenvalue weighted by atomic mass is 35.5. The van der Waals surface area contributed by atoms with Gasteiger partial charge in [-0.15, -0.1) is 0 Å². The highest BCUT2D eigenvalue weighted by Crippen LogP contribution is 2.28. The molecule has 92 valence electrons. The van der Waals surface area contributed by atoms with Crippen LogP contribution in [0, 0.1) is 16.0 Å². The van der Waals surface area contributed by atoms with E-state index in [0.29, 0.717) is 22.0 Å². The van der Waals surface area contributed by atoms with Crippen LogP contribution < -0.4 is 0 Å². The van der Waals surface area contributed by atoms with Crippen molar-refractivity contribution in [2.75, 3.05) is 0 Å². The Bertz CT molecular complexity index is 436. The maximum atomic E-state index is 10.9.